The van der Waals surface area contributed by atoms with Crippen LogP contribution in [0.25, 0.3) is 32.0 Å². The van der Waals surface area contributed by atoms with Gasteiger partial charge in [-0.05, 0) is 24.3 Å². The number of aromatic nitrogens is 4. The lowest BCUT2D eigenvalue weighted by Crippen LogP contribution is -2.32. The number of imidazole rings is 1. The van der Waals surface area contributed by atoms with Crippen LogP contribution in [-0.4, -0.2) is 30.6 Å². The van der Waals surface area contributed by atoms with Crippen LogP contribution >= 0.6 is 11.3 Å². The highest BCUT2D eigenvalue weighted by molar-refractivity contribution is 7.21. The van der Waals surface area contributed by atoms with Crippen molar-refractivity contribution in [3.05, 3.63) is 49.1 Å². The fourth-order valence-corrected chi connectivity index (χ4v) is 6.00. The molecule has 3 heterocycles. The number of hydrogen-bond donors (Lipinski definition) is 2. The maximum atomic E-state index is 11.7. The molecule has 1 saturated carbocycles. The first-order valence-electron chi connectivity index (χ1n) is 10.9. The molecular weight excluding hydrogens is 422 g/mol. The summed E-state index contributed by atoms with van der Waals surface area (Å²) in [7, 11) is 0. The van der Waals surface area contributed by atoms with E-state index in [4.69, 9.17) is 10.7 Å². The number of fused-ring (bicyclic) bond motifs is 1. The van der Waals surface area contributed by atoms with E-state index in [1.807, 2.05) is 42.7 Å². The van der Waals surface area contributed by atoms with Crippen LogP contribution in [0.1, 0.15) is 38.5 Å². The van der Waals surface area contributed by atoms with Crippen LogP contribution in [0.15, 0.2) is 49.1 Å². The van der Waals surface area contributed by atoms with Crippen molar-refractivity contribution in [1.82, 2.24) is 19.5 Å². The zero-order chi connectivity index (χ0) is 22.1. The van der Waals surface area contributed by atoms with Crippen LogP contribution in [0.3, 0.4) is 0 Å². The smallest absolute Gasteiger partial charge is 0.303 e. The molecule has 7 nitrogen and oxygen atoms in total. The Kier molecular flexibility index (Phi) is 5.38. The molecule has 164 valence electrons. The second-order valence-corrected chi connectivity index (χ2v) is 9.69. The van der Waals surface area contributed by atoms with Crippen LogP contribution in [0.4, 0.5) is 5.82 Å². The average molecular weight is 448 g/mol. The highest BCUT2D eigenvalue weighted by Crippen LogP contribution is 2.44. The zero-order valence-electron chi connectivity index (χ0n) is 17.7. The highest BCUT2D eigenvalue weighted by atomic mass is 32.1. The maximum Gasteiger partial charge on any atom is 0.303 e. The number of carbonyl (C=O) groups is 1. The van der Waals surface area contributed by atoms with Crippen molar-refractivity contribution in [2.24, 2.45) is 5.41 Å². The molecule has 0 saturated heterocycles. The fourth-order valence-electron chi connectivity index (χ4n) is 4.93. The van der Waals surface area contributed by atoms with E-state index in [9.17, 15) is 9.90 Å². The number of aliphatic carboxylic acids is 1. The molecule has 0 unspecified atom stereocenters. The largest absolute Gasteiger partial charge is 0.481 e. The van der Waals surface area contributed by atoms with Gasteiger partial charge in [0.2, 0.25) is 0 Å². The molecule has 3 N–H and O–H groups in total. The molecule has 32 heavy (non-hydrogen) atoms. The van der Waals surface area contributed by atoms with Crippen molar-refractivity contribution in [1.29, 1.82) is 0 Å². The summed E-state index contributed by atoms with van der Waals surface area (Å²) in [5.41, 5.74) is 8.72. The minimum atomic E-state index is -0.734. The van der Waals surface area contributed by atoms with Gasteiger partial charge in [-0.3, -0.25) is 4.79 Å². The van der Waals surface area contributed by atoms with Crippen LogP contribution in [-0.2, 0) is 11.3 Å². The van der Waals surface area contributed by atoms with E-state index >= 15 is 0 Å². The second kappa shape index (κ2) is 8.35. The minimum Gasteiger partial charge on any atom is -0.481 e. The van der Waals surface area contributed by atoms with E-state index in [2.05, 4.69) is 14.5 Å². The number of carboxylic acid groups (broad SMARTS) is 1. The Morgan fingerprint density at radius 3 is 2.62 bits per heavy atom. The predicted molar refractivity (Wildman–Crippen MR) is 126 cm³/mol. The predicted octanol–water partition coefficient (Wildman–Crippen LogP) is 5.23. The summed E-state index contributed by atoms with van der Waals surface area (Å²) in [6.07, 6.45) is 8.66. The Balaban J connectivity index is 1.65. The lowest BCUT2D eigenvalue weighted by atomic mass is 9.71. The molecule has 1 aromatic carbocycles. The summed E-state index contributed by atoms with van der Waals surface area (Å²) in [6.45, 7) is 0.629. The number of rotatable bonds is 6. The number of nitrogens with two attached hydrogens (primary N) is 1. The summed E-state index contributed by atoms with van der Waals surface area (Å²) in [6, 6.07) is 12.1. The fraction of sp³-hybridized carbons (Fsp3) is 0.333. The van der Waals surface area contributed by atoms with Gasteiger partial charge in [-0.25, -0.2) is 15.0 Å². The van der Waals surface area contributed by atoms with Gasteiger partial charge in [-0.1, -0.05) is 49.6 Å². The van der Waals surface area contributed by atoms with Crippen molar-refractivity contribution in [3.8, 4) is 21.8 Å². The lowest BCUT2D eigenvalue weighted by molar-refractivity contribution is -0.140. The normalized spacial score (nSPS) is 15.8. The Morgan fingerprint density at radius 2 is 1.91 bits per heavy atom. The van der Waals surface area contributed by atoms with E-state index < -0.39 is 5.97 Å². The lowest BCUT2D eigenvalue weighted by Gasteiger charge is -2.36. The van der Waals surface area contributed by atoms with Gasteiger partial charge in [0, 0.05) is 12.1 Å². The molecule has 0 aliphatic heterocycles. The third kappa shape index (κ3) is 3.86. The molecule has 3 aromatic heterocycles. The van der Waals surface area contributed by atoms with E-state index in [0.29, 0.717) is 12.4 Å². The number of thiophene rings is 1. The van der Waals surface area contributed by atoms with Crippen LogP contribution in [0, 0.1) is 5.41 Å². The maximum absolute atomic E-state index is 11.7. The van der Waals surface area contributed by atoms with Gasteiger partial charge in [0.25, 0.3) is 0 Å². The molecule has 8 heteroatoms. The minimum absolute atomic E-state index is 0.177. The second-order valence-electron chi connectivity index (χ2n) is 8.66. The highest BCUT2D eigenvalue weighted by Gasteiger charge is 2.36. The van der Waals surface area contributed by atoms with Crippen LogP contribution in [0.2, 0.25) is 0 Å². The average Bonchev–Trinajstić information content (AvgIpc) is 3.39. The number of carboxylic acids is 1. The first-order valence-corrected chi connectivity index (χ1v) is 11.7. The molecule has 0 bridgehead atoms. The molecule has 0 atom stereocenters. The summed E-state index contributed by atoms with van der Waals surface area (Å²) >= 11 is 1.56. The van der Waals surface area contributed by atoms with E-state index in [1.54, 1.807) is 11.3 Å². The first kappa shape index (κ1) is 20.6. The van der Waals surface area contributed by atoms with Gasteiger partial charge in [0.05, 0.1) is 34.4 Å². The van der Waals surface area contributed by atoms with Crippen LogP contribution < -0.4 is 5.73 Å². The third-order valence-electron chi connectivity index (χ3n) is 6.42. The van der Waals surface area contributed by atoms with Crippen molar-refractivity contribution in [2.45, 2.75) is 45.1 Å². The third-order valence-corrected chi connectivity index (χ3v) is 7.47. The Bertz CT molecular complexity index is 1260. The Hall–Kier alpha value is -3.26. The van der Waals surface area contributed by atoms with Gasteiger partial charge in [-0.15, -0.1) is 11.3 Å². The number of nitrogen functional groups attached to an aromatic ring is 1. The van der Waals surface area contributed by atoms with Gasteiger partial charge in [0.1, 0.15) is 17.0 Å². The van der Waals surface area contributed by atoms with Crippen molar-refractivity contribution < 1.29 is 9.90 Å². The number of hydrogen-bond acceptors (Lipinski definition) is 6. The Morgan fingerprint density at radius 1 is 1.12 bits per heavy atom. The van der Waals surface area contributed by atoms with Crippen molar-refractivity contribution >= 4 is 33.3 Å². The van der Waals surface area contributed by atoms with E-state index in [0.717, 1.165) is 57.7 Å². The number of anilines is 1. The Labute approximate surface area is 190 Å². The van der Waals surface area contributed by atoms with Crippen molar-refractivity contribution in [2.75, 3.05) is 5.73 Å². The number of nitrogens with zero attached hydrogens (tertiary/aromatic N) is 4. The van der Waals surface area contributed by atoms with Gasteiger partial charge >= 0.3 is 5.97 Å². The quantitative estimate of drug-likeness (QED) is 0.419. The van der Waals surface area contributed by atoms with Gasteiger partial charge < -0.3 is 15.4 Å². The summed E-state index contributed by atoms with van der Waals surface area (Å²) < 4.78 is 2.14. The summed E-state index contributed by atoms with van der Waals surface area (Å²) in [4.78, 5) is 26.9. The standard InChI is InChI=1S/C24H25N5O2S/c25-22-17-11-18(32-23(17)27-14-26-22)21-20(16-7-3-1-4-8-16)28-15-29(21)13-24(12-19(30)31)9-5-2-6-10-24/h1,3-4,7-8,11,14-15H,2,5-6,9-10,12-13H2,(H,30,31)(H2,25,26,27). The van der Waals surface area contributed by atoms with E-state index in [1.165, 1.54) is 12.7 Å². The van der Waals surface area contributed by atoms with E-state index in [-0.39, 0.29) is 11.8 Å². The zero-order valence-corrected chi connectivity index (χ0v) is 18.5. The monoisotopic (exact) mass is 447 g/mol. The molecular formula is C24H25N5O2S. The van der Waals surface area contributed by atoms with Crippen molar-refractivity contribution in [3.63, 3.8) is 0 Å². The molecule has 1 aliphatic rings. The number of benzene rings is 1. The molecule has 0 amide bonds. The molecule has 1 aliphatic carbocycles. The molecule has 4 aromatic rings. The summed E-state index contributed by atoms with van der Waals surface area (Å²) in [5.74, 6) is -0.277. The molecule has 0 spiro atoms. The summed E-state index contributed by atoms with van der Waals surface area (Å²) in [5, 5.41) is 10.5. The van der Waals surface area contributed by atoms with Gasteiger partial charge in [-0.2, -0.15) is 0 Å². The first-order chi connectivity index (χ1) is 15.5. The SMILES string of the molecule is Nc1ncnc2sc(-c3c(-c4ccccc4)ncn3CC3(CC(=O)O)CCCCC3)cc12. The topological polar surface area (TPSA) is 107 Å². The molecule has 1 fully saturated rings. The molecule has 5 rings (SSSR count). The van der Waals surface area contributed by atoms with Gasteiger partial charge in [0.15, 0.2) is 0 Å². The molecule has 0 radical (unpaired) electrons. The van der Waals surface area contributed by atoms with Crippen LogP contribution in [0.5, 0.6) is 0 Å².